The lowest BCUT2D eigenvalue weighted by Crippen LogP contribution is -2.34. The number of hydrogen-bond donors (Lipinski definition) is 1. The van der Waals surface area contributed by atoms with Gasteiger partial charge in [0.25, 0.3) is 5.69 Å². The molecular weight excluding hydrogens is 244 g/mol. The molecule has 0 bridgehead atoms. The van der Waals surface area contributed by atoms with Crippen LogP contribution in [0.25, 0.3) is 0 Å². The number of nitrogens with zero attached hydrogens (tertiary/aromatic N) is 1. The number of ketones is 1. The second-order valence-corrected chi connectivity index (χ2v) is 4.86. The highest BCUT2D eigenvalue weighted by molar-refractivity contribution is 5.98. The number of hydrogen-bond acceptors (Lipinski definition) is 4. The minimum atomic E-state index is -0.408. The van der Waals surface area contributed by atoms with Gasteiger partial charge in [-0.05, 0) is 25.8 Å². The Hall–Kier alpha value is -1.75. The number of carbonyl (C=O) groups excluding carboxylic acids is 1. The van der Waals surface area contributed by atoms with E-state index in [2.05, 4.69) is 5.32 Å². The van der Waals surface area contributed by atoms with Gasteiger partial charge in [-0.3, -0.25) is 14.9 Å². The van der Waals surface area contributed by atoms with Crippen molar-refractivity contribution in [1.29, 1.82) is 0 Å². The Morgan fingerprint density at radius 1 is 1.53 bits per heavy atom. The maximum atomic E-state index is 12.3. The number of benzene rings is 1. The van der Waals surface area contributed by atoms with Crippen molar-refractivity contribution < 1.29 is 9.72 Å². The predicted molar refractivity (Wildman–Crippen MR) is 72.4 cm³/mol. The van der Waals surface area contributed by atoms with Gasteiger partial charge >= 0.3 is 0 Å². The molecule has 5 heteroatoms. The molecule has 1 unspecified atom stereocenters. The summed E-state index contributed by atoms with van der Waals surface area (Å²) in [6, 6.07) is 4.83. The van der Waals surface area contributed by atoms with Gasteiger partial charge in [0.05, 0.1) is 4.92 Å². The first-order valence-corrected chi connectivity index (χ1v) is 6.65. The number of nitro benzene ring substituents is 1. The average Bonchev–Trinajstić information content (AvgIpc) is 2.46. The summed E-state index contributed by atoms with van der Waals surface area (Å²) in [5.74, 6) is -0.0428. The summed E-state index contributed by atoms with van der Waals surface area (Å²) < 4.78 is 0. The van der Waals surface area contributed by atoms with Gasteiger partial charge in [0, 0.05) is 29.7 Å². The minimum Gasteiger partial charge on any atom is -0.316 e. The zero-order valence-corrected chi connectivity index (χ0v) is 11.0. The zero-order valence-electron chi connectivity index (χ0n) is 11.0. The van der Waals surface area contributed by atoms with Crippen LogP contribution in [0.2, 0.25) is 0 Å². The second-order valence-electron chi connectivity index (χ2n) is 4.86. The monoisotopic (exact) mass is 262 g/mol. The highest BCUT2D eigenvalue weighted by atomic mass is 16.6. The Balaban J connectivity index is 2.26. The Labute approximate surface area is 112 Å². The molecule has 1 heterocycles. The standard InChI is InChI=1S/C14H18N2O3/c1-2-10-5-6-11(8-13(10)16(18)19)14(17)12-4-3-7-15-9-12/h5-6,8,12,15H,2-4,7,9H2,1H3. The number of aryl methyl sites for hydroxylation is 1. The summed E-state index contributed by atoms with van der Waals surface area (Å²) in [7, 11) is 0. The Morgan fingerprint density at radius 2 is 2.32 bits per heavy atom. The van der Waals surface area contributed by atoms with E-state index < -0.39 is 4.92 Å². The molecule has 1 aromatic carbocycles. The number of nitrogens with one attached hydrogen (secondary N) is 1. The lowest BCUT2D eigenvalue weighted by atomic mass is 9.90. The molecule has 0 radical (unpaired) electrons. The molecule has 0 aliphatic carbocycles. The summed E-state index contributed by atoms with van der Waals surface area (Å²) in [4.78, 5) is 22.9. The van der Waals surface area contributed by atoms with Crippen LogP contribution in [-0.4, -0.2) is 23.8 Å². The van der Waals surface area contributed by atoms with Gasteiger partial charge in [0.2, 0.25) is 0 Å². The number of carbonyl (C=O) groups is 1. The molecule has 1 N–H and O–H groups in total. The number of rotatable bonds is 4. The molecule has 0 aromatic heterocycles. The fourth-order valence-corrected chi connectivity index (χ4v) is 2.50. The van der Waals surface area contributed by atoms with E-state index in [-0.39, 0.29) is 17.4 Å². The molecule has 1 aliphatic rings. The van der Waals surface area contributed by atoms with Crippen LogP contribution in [0.3, 0.4) is 0 Å². The van der Waals surface area contributed by atoms with Gasteiger partial charge < -0.3 is 5.32 Å². The quantitative estimate of drug-likeness (QED) is 0.513. The Morgan fingerprint density at radius 3 is 2.89 bits per heavy atom. The first-order valence-electron chi connectivity index (χ1n) is 6.65. The van der Waals surface area contributed by atoms with Crippen molar-refractivity contribution >= 4 is 11.5 Å². The van der Waals surface area contributed by atoms with E-state index in [1.807, 2.05) is 6.92 Å². The molecule has 0 saturated carbocycles. The summed E-state index contributed by atoms with van der Waals surface area (Å²) in [5, 5.41) is 14.2. The van der Waals surface area contributed by atoms with Crippen LogP contribution in [0, 0.1) is 16.0 Å². The summed E-state index contributed by atoms with van der Waals surface area (Å²) in [5.41, 5.74) is 1.18. The van der Waals surface area contributed by atoms with Crippen molar-refractivity contribution in [3.63, 3.8) is 0 Å². The lowest BCUT2D eigenvalue weighted by Gasteiger charge is -2.21. The van der Waals surface area contributed by atoms with E-state index in [9.17, 15) is 14.9 Å². The zero-order chi connectivity index (χ0) is 13.8. The molecule has 1 aliphatic heterocycles. The average molecular weight is 262 g/mol. The van der Waals surface area contributed by atoms with Crippen LogP contribution in [0.1, 0.15) is 35.7 Å². The van der Waals surface area contributed by atoms with Gasteiger partial charge in [-0.25, -0.2) is 0 Å². The molecule has 5 nitrogen and oxygen atoms in total. The van der Waals surface area contributed by atoms with Crippen LogP contribution < -0.4 is 5.32 Å². The third-order valence-electron chi connectivity index (χ3n) is 3.62. The maximum absolute atomic E-state index is 12.3. The Bertz CT molecular complexity index is 493. The van der Waals surface area contributed by atoms with Crippen molar-refractivity contribution in [2.45, 2.75) is 26.2 Å². The molecule has 0 spiro atoms. The first kappa shape index (κ1) is 13.7. The van der Waals surface area contributed by atoms with Crippen molar-refractivity contribution in [2.24, 2.45) is 5.92 Å². The van der Waals surface area contributed by atoms with E-state index in [1.165, 1.54) is 6.07 Å². The normalized spacial score (nSPS) is 19.1. The van der Waals surface area contributed by atoms with Gasteiger partial charge in [-0.2, -0.15) is 0 Å². The van der Waals surface area contributed by atoms with Gasteiger partial charge in [-0.1, -0.05) is 19.1 Å². The SMILES string of the molecule is CCc1ccc(C(=O)C2CCCNC2)cc1[N+](=O)[O-]. The predicted octanol–water partition coefficient (Wildman–Crippen LogP) is 2.34. The van der Waals surface area contributed by atoms with E-state index in [0.717, 1.165) is 19.4 Å². The molecule has 1 aromatic rings. The molecule has 0 amide bonds. The number of nitro groups is 1. The largest absolute Gasteiger partial charge is 0.316 e. The summed E-state index contributed by atoms with van der Waals surface area (Å²) in [6.07, 6.45) is 2.43. The van der Waals surface area contributed by atoms with E-state index in [1.54, 1.807) is 12.1 Å². The van der Waals surface area contributed by atoms with Gasteiger partial charge in [-0.15, -0.1) is 0 Å². The number of Topliss-reactive ketones (excluding diaryl/α,β-unsaturated/α-hetero) is 1. The topological polar surface area (TPSA) is 72.2 Å². The van der Waals surface area contributed by atoms with Crippen LogP contribution >= 0.6 is 0 Å². The van der Waals surface area contributed by atoms with Crippen molar-refractivity contribution in [3.8, 4) is 0 Å². The smallest absolute Gasteiger partial charge is 0.273 e. The van der Waals surface area contributed by atoms with E-state index in [4.69, 9.17) is 0 Å². The second kappa shape index (κ2) is 5.93. The van der Waals surface area contributed by atoms with E-state index in [0.29, 0.717) is 24.1 Å². The van der Waals surface area contributed by atoms with Gasteiger partial charge in [0.15, 0.2) is 5.78 Å². The molecule has 1 atom stereocenters. The fraction of sp³-hybridized carbons (Fsp3) is 0.500. The lowest BCUT2D eigenvalue weighted by molar-refractivity contribution is -0.385. The summed E-state index contributed by atoms with van der Waals surface area (Å²) >= 11 is 0. The van der Waals surface area contributed by atoms with Crippen molar-refractivity contribution in [3.05, 3.63) is 39.4 Å². The van der Waals surface area contributed by atoms with Crippen molar-refractivity contribution in [1.82, 2.24) is 5.32 Å². The highest BCUT2D eigenvalue weighted by Gasteiger charge is 2.24. The highest BCUT2D eigenvalue weighted by Crippen LogP contribution is 2.24. The summed E-state index contributed by atoms with van der Waals surface area (Å²) in [6.45, 7) is 3.48. The first-order chi connectivity index (χ1) is 9.13. The fourth-order valence-electron chi connectivity index (χ4n) is 2.50. The van der Waals surface area contributed by atoms with Crippen molar-refractivity contribution in [2.75, 3.05) is 13.1 Å². The Kier molecular flexibility index (Phi) is 4.27. The maximum Gasteiger partial charge on any atom is 0.273 e. The molecule has 1 fully saturated rings. The minimum absolute atomic E-state index is 0.0120. The molecule has 2 rings (SSSR count). The van der Waals surface area contributed by atoms with Crippen LogP contribution in [0.15, 0.2) is 18.2 Å². The van der Waals surface area contributed by atoms with Gasteiger partial charge in [0.1, 0.15) is 0 Å². The number of piperidine rings is 1. The molecule has 19 heavy (non-hydrogen) atoms. The van der Waals surface area contributed by atoms with Crippen LogP contribution in [0.4, 0.5) is 5.69 Å². The molecule has 102 valence electrons. The molecular formula is C14H18N2O3. The molecule has 1 saturated heterocycles. The third kappa shape index (κ3) is 2.98. The third-order valence-corrected chi connectivity index (χ3v) is 3.62. The van der Waals surface area contributed by atoms with Crippen LogP contribution in [-0.2, 0) is 6.42 Å². The van der Waals surface area contributed by atoms with E-state index >= 15 is 0 Å². The van der Waals surface area contributed by atoms with Crippen LogP contribution in [0.5, 0.6) is 0 Å².